The van der Waals surface area contributed by atoms with Crippen molar-refractivity contribution in [2.24, 2.45) is 5.92 Å². The van der Waals surface area contributed by atoms with Crippen LogP contribution in [0.4, 0.5) is 11.4 Å². The van der Waals surface area contributed by atoms with Gasteiger partial charge in [0, 0.05) is 58.8 Å². The van der Waals surface area contributed by atoms with E-state index in [4.69, 9.17) is 11.6 Å². The van der Waals surface area contributed by atoms with E-state index >= 15 is 0 Å². The fourth-order valence-corrected chi connectivity index (χ4v) is 5.42. The number of likely N-dealkylation sites (N-methyl/N-ethyl adjacent to an activating group) is 1. The zero-order valence-electron chi connectivity index (χ0n) is 17.6. The number of likely N-dealkylation sites (tertiary alicyclic amines) is 1. The first kappa shape index (κ1) is 21.2. The van der Waals surface area contributed by atoms with Crippen LogP contribution in [-0.2, 0) is 10.3 Å². The molecule has 3 atom stereocenters. The van der Waals surface area contributed by atoms with Crippen molar-refractivity contribution in [2.45, 2.75) is 11.5 Å². The highest BCUT2D eigenvalue weighted by Gasteiger charge is 2.64. The number of Topliss-reactive ketones (excluding diaryl/α,β-unsaturated/α-hetero) is 1. The maximum absolute atomic E-state index is 14.0. The van der Waals surface area contributed by atoms with Crippen molar-refractivity contribution in [3.05, 3.63) is 98.8 Å². The zero-order valence-corrected chi connectivity index (χ0v) is 18.3. The van der Waals surface area contributed by atoms with Crippen molar-refractivity contribution >= 4 is 34.7 Å². The Labute approximate surface area is 194 Å². The molecule has 1 N–H and O–H groups in total. The van der Waals surface area contributed by atoms with Gasteiger partial charge in [-0.1, -0.05) is 23.7 Å². The van der Waals surface area contributed by atoms with Crippen LogP contribution in [0.25, 0.3) is 0 Å². The van der Waals surface area contributed by atoms with Gasteiger partial charge in [0.1, 0.15) is 5.54 Å². The first-order valence-electron chi connectivity index (χ1n) is 10.4. The van der Waals surface area contributed by atoms with E-state index < -0.39 is 16.4 Å². The number of carbonyl (C=O) groups excluding carboxylic acids is 2. The Morgan fingerprint density at radius 2 is 2.00 bits per heavy atom. The lowest BCUT2D eigenvalue weighted by Gasteiger charge is -2.35. The minimum atomic E-state index is -1.28. The van der Waals surface area contributed by atoms with Crippen LogP contribution in [0, 0.1) is 16.0 Å². The summed E-state index contributed by atoms with van der Waals surface area (Å²) in [5, 5.41) is 14.5. The number of halogens is 1. The predicted octanol–water partition coefficient (Wildman–Crippen LogP) is 4.02. The highest BCUT2D eigenvalue weighted by atomic mass is 35.5. The number of fused-ring (bicyclic) bond motifs is 2. The van der Waals surface area contributed by atoms with Crippen molar-refractivity contribution in [1.82, 2.24) is 9.88 Å². The fourth-order valence-electron chi connectivity index (χ4n) is 5.24. The number of hydrogen-bond donors (Lipinski definition) is 1. The molecule has 3 aromatic rings. The molecular formula is C24H19ClN4O4. The summed E-state index contributed by atoms with van der Waals surface area (Å²) >= 11 is 6.31. The molecule has 1 aromatic heterocycles. The highest BCUT2D eigenvalue weighted by molar-refractivity contribution is 6.31. The Kier molecular flexibility index (Phi) is 4.99. The first-order chi connectivity index (χ1) is 15.8. The maximum Gasteiger partial charge on any atom is 0.269 e. The first-order valence-corrected chi connectivity index (χ1v) is 10.7. The Hall–Kier alpha value is -3.62. The van der Waals surface area contributed by atoms with Gasteiger partial charge in [-0.3, -0.25) is 29.6 Å². The molecule has 0 bridgehead atoms. The molecule has 33 heavy (non-hydrogen) atoms. The number of hydrogen-bond acceptors (Lipinski definition) is 6. The number of rotatable bonds is 4. The number of benzene rings is 2. The van der Waals surface area contributed by atoms with Crippen LogP contribution in [0.5, 0.6) is 0 Å². The average Bonchev–Trinajstić information content (AvgIpc) is 3.29. The molecule has 9 heteroatoms. The second-order valence-electron chi connectivity index (χ2n) is 8.33. The minimum absolute atomic E-state index is 0.0364. The number of amides is 1. The number of nitrogens with zero attached hydrogens (tertiary/aromatic N) is 3. The number of nitro groups is 1. The molecule has 3 heterocycles. The van der Waals surface area contributed by atoms with E-state index in [0.29, 0.717) is 28.4 Å². The van der Waals surface area contributed by atoms with E-state index in [0.717, 1.165) is 5.56 Å². The molecule has 0 unspecified atom stereocenters. The quantitative estimate of drug-likeness (QED) is 0.356. The van der Waals surface area contributed by atoms with Gasteiger partial charge in [0.15, 0.2) is 5.78 Å². The molecule has 2 aliphatic heterocycles. The largest absolute Gasteiger partial charge is 0.324 e. The monoisotopic (exact) mass is 462 g/mol. The minimum Gasteiger partial charge on any atom is -0.324 e. The zero-order chi connectivity index (χ0) is 23.3. The molecule has 8 nitrogen and oxygen atoms in total. The molecule has 1 spiro atoms. The summed E-state index contributed by atoms with van der Waals surface area (Å²) in [5.41, 5.74) is 1.09. The smallest absolute Gasteiger partial charge is 0.269 e. The van der Waals surface area contributed by atoms with E-state index in [1.54, 1.807) is 48.7 Å². The standard InChI is InChI=1S/C24H19ClN4O4/c1-28-13-18(14-4-7-17(8-5-14)29(32)33)21(22(30)15-3-2-10-26-12-15)24(28)19-11-16(25)6-9-20(19)27-23(24)31/h2-12,18,21H,13H2,1H3,(H,27,31)/t18-,21+,24+/m1/s1. The van der Waals surface area contributed by atoms with Crippen molar-refractivity contribution in [3.63, 3.8) is 0 Å². The molecule has 166 valence electrons. The van der Waals surface area contributed by atoms with E-state index in [-0.39, 0.29) is 23.3 Å². The predicted molar refractivity (Wildman–Crippen MR) is 122 cm³/mol. The van der Waals surface area contributed by atoms with Gasteiger partial charge >= 0.3 is 0 Å². The van der Waals surface area contributed by atoms with Crippen molar-refractivity contribution in [1.29, 1.82) is 0 Å². The van der Waals surface area contributed by atoms with Gasteiger partial charge in [0.2, 0.25) is 5.91 Å². The van der Waals surface area contributed by atoms with Gasteiger partial charge in [0.05, 0.1) is 10.8 Å². The fraction of sp³-hybridized carbons (Fsp3) is 0.208. The Morgan fingerprint density at radius 3 is 2.67 bits per heavy atom. The normalized spacial score (nSPS) is 24.0. The number of non-ortho nitro benzene ring substituents is 1. The molecule has 1 fully saturated rings. The van der Waals surface area contributed by atoms with E-state index in [9.17, 15) is 19.7 Å². The molecule has 0 aliphatic carbocycles. The van der Waals surface area contributed by atoms with Crippen LogP contribution >= 0.6 is 11.6 Å². The molecule has 5 rings (SSSR count). The number of anilines is 1. The van der Waals surface area contributed by atoms with Gasteiger partial charge in [-0.25, -0.2) is 0 Å². The van der Waals surface area contributed by atoms with Crippen LogP contribution < -0.4 is 5.32 Å². The van der Waals surface area contributed by atoms with Gasteiger partial charge in [-0.05, 0) is 42.9 Å². The number of pyridine rings is 1. The lowest BCUT2D eigenvalue weighted by atomic mass is 9.70. The lowest BCUT2D eigenvalue weighted by Crippen LogP contribution is -2.51. The molecule has 2 aromatic carbocycles. The molecule has 0 radical (unpaired) electrons. The van der Waals surface area contributed by atoms with Crippen LogP contribution in [0.3, 0.4) is 0 Å². The lowest BCUT2D eigenvalue weighted by molar-refractivity contribution is -0.384. The number of nitro benzene ring substituents is 1. The summed E-state index contributed by atoms with van der Waals surface area (Å²) < 4.78 is 0. The highest BCUT2D eigenvalue weighted by Crippen LogP contribution is 2.56. The number of carbonyl (C=O) groups is 2. The summed E-state index contributed by atoms with van der Waals surface area (Å²) in [6, 6.07) is 14.7. The third-order valence-electron chi connectivity index (χ3n) is 6.67. The van der Waals surface area contributed by atoms with Crippen LogP contribution in [0.2, 0.25) is 5.02 Å². The van der Waals surface area contributed by atoms with Crippen molar-refractivity contribution in [3.8, 4) is 0 Å². The topological polar surface area (TPSA) is 105 Å². The van der Waals surface area contributed by atoms with Gasteiger partial charge in [0.25, 0.3) is 5.69 Å². The van der Waals surface area contributed by atoms with Crippen LogP contribution in [-0.4, -0.2) is 40.1 Å². The second kappa shape index (κ2) is 7.75. The number of ketones is 1. The summed E-state index contributed by atoms with van der Waals surface area (Å²) in [6.07, 6.45) is 3.07. The molecule has 2 aliphatic rings. The summed E-state index contributed by atoms with van der Waals surface area (Å²) in [5.74, 6) is -1.71. The Bertz CT molecular complexity index is 1280. The molecule has 0 saturated carbocycles. The Balaban J connectivity index is 1.71. The van der Waals surface area contributed by atoms with Crippen LogP contribution in [0.15, 0.2) is 67.0 Å². The van der Waals surface area contributed by atoms with Crippen LogP contribution in [0.1, 0.15) is 27.4 Å². The summed E-state index contributed by atoms with van der Waals surface area (Å²) in [7, 11) is 1.81. The maximum atomic E-state index is 14.0. The van der Waals surface area contributed by atoms with E-state index in [2.05, 4.69) is 10.3 Å². The van der Waals surface area contributed by atoms with Gasteiger partial charge < -0.3 is 5.32 Å². The van der Waals surface area contributed by atoms with Gasteiger partial charge in [-0.2, -0.15) is 0 Å². The summed E-state index contributed by atoms with van der Waals surface area (Å²) in [6.45, 7) is 0.397. The molecule has 1 amide bonds. The van der Waals surface area contributed by atoms with E-state index in [1.807, 2.05) is 11.9 Å². The second-order valence-corrected chi connectivity index (χ2v) is 8.77. The van der Waals surface area contributed by atoms with Gasteiger partial charge in [-0.15, -0.1) is 0 Å². The van der Waals surface area contributed by atoms with Crippen molar-refractivity contribution < 1.29 is 14.5 Å². The summed E-state index contributed by atoms with van der Waals surface area (Å²) in [4.78, 5) is 44.2. The molecule has 1 saturated heterocycles. The van der Waals surface area contributed by atoms with Crippen molar-refractivity contribution in [2.75, 3.05) is 18.9 Å². The Morgan fingerprint density at radius 1 is 1.24 bits per heavy atom. The number of nitrogens with one attached hydrogen (secondary N) is 1. The van der Waals surface area contributed by atoms with E-state index in [1.165, 1.54) is 18.3 Å². The number of aromatic nitrogens is 1. The third kappa shape index (κ3) is 3.13. The average molecular weight is 463 g/mol. The third-order valence-corrected chi connectivity index (χ3v) is 6.91. The SMILES string of the molecule is CN1C[C@H](c2ccc([N+](=O)[O-])cc2)[C@@H](C(=O)c2cccnc2)[C@@]12C(=O)Nc1ccc(Cl)cc12. The molecular weight excluding hydrogens is 444 g/mol.